The first kappa shape index (κ1) is 28.3. The molecule has 1 unspecified atom stereocenters. The van der Waals surface area contributed by atoms with Crippen molar-refractivity contribution in [2.75, 3.05) is 18.1 Å². The van der Waals surface area contributed by atoms with Gasteiger partial charge in [0.1, 0.15) is 11.4 Å². The molecule has 8 nitrogen and oxygen atoms in total. The predicted molar refractivity (Wildman–Crippen MR) is 143 cm³/mol. The number of benzene rings is 1. The second-order valence-corrected chi connectivity index (χ2v) is 10.4. The van der Waals surface area contributed by atoms with Crippen LogP contribution < -0.4 is 10.9 Å². The zero-order valence-electron chi connectivity index (χ0n) is 21.3. The molecule has 0 aromatic heterocycles. The average Bonchev–Trinajstić information content (AvgIpc) is 3.28. The van der Waals surface area contributed by atoms with Crippen LogP contribution in [0.2, 0.25) is 0 Å². The number of amides is 3. The Kier molecular flexibility index (Phi) is 10.7. The number of rotatable bonds is 10. The summed E-state index contributed by atoms with van der Waals surface area (Å²) in [6.07, 6.45) is 3.88. The maximum atomic E-state index is 13.0. The van der Waals surface area contributed by atoms with E-state index in [1.165, 1.54) is 6.08 Å². The molecule has 3 N–H and O–H groups in total. The molecule has 0 spiro atoms. The Bertz CT molecular complexity index is 988. The van der Waals surface area contributed by atoms with Gasteiger partial charge in [-0.1, -0.05) is 50.3 Å². The van der Waals surface area contributed by atoms with Gasteiger partial charge in [-0.05, 0) is 45.6 Å². The Morgan fingerprint density at radius 1 is 1.20 bits per heavy atom. The largest absolute Gasteiger partial charge is 0.334 e. The van der Waals surface area contributed by atoms with Crippen LogP contribution in [0.25, 0.3) is 0 Å². The second-order valence-electron chi connectivity index (χ2n) is 9.42. The molecule has 9 heteroatoms. The number of hydrogen-bond donors (Lipinski definition) is 3. The Morgan fingerprint density at radius 2 is 1.89 bits per heavy atom. The maximum absolute atomic E-state index is 13.0. The van der Waals surface area contributed by atoms with Crippen molar-refractivity contribution in [3.63, 3.8) is 0 Å². The van der Waals surface area contributed by atoms with E-state index in [0.29, 0.717) is 24.4 Å². The molecule has 3 amide bonds. The van der Waals surface area contributed by atoms with Gasteiger partial charge in [0, 0.05) is 35.2 Å². The molecule has 0 bridgehead atoms. The van der Waals surface area contributed by atoms with Gasteiger partial charge >= 0.3 is 0 Å². The highest BCUT2D eigenvalue weighted by atomic mass is 32.2. The van der Waals surface area contributed by atoms with Crippen molar-refractivity contribution in [2.24, 2.45) is 10.4 Å². The summed E-state index contributed by atoms with van der Waals surface area (Å²) in [6.45, 7) is 9.32. The number of nitrogens with zero attached hydrogens (tertiary/aromatic N) is 2. The number of nitrogens with one attached hydrogen (secondary N) is 3. The standard InChI is InChI=1S/C26H37N5O3S/c1-6-22(23(32)29-30-25(34)26(4,5)15-20-11-8-7-9-12-20)28-19(3)24(33)31-14-10-13-21(31)17-35-16-18(2)27/h6-9,11-12,21,27H,10,13-17H2,1-5H3,(H,29,32)(H,30,34)/b22-6-,27-18?,28-19?. The molecule has 1 aromatic carbocycles. The van der Waals surface area contributed by atoms with Gasteiger partial charge in [0.15, 0.2) is 0 Å². The molecule has 2 rings (SSSR count). The molecule has 0 radical (unpaired) electrons. The summed E-state index contributed by atoms with van der Waals surface area (Å²) in [5.74, 6) is 0.331. The van der Waals surface area contributed by atoms with Gasteiger partial charge in [-0.25, -0.2) is 4.99 Å². The van der Waals surface area contributed by atoms with Crippen molar-refractivity contribution in [3.05, 3.63) is 47.7 Å². The SMILES string of the molecule is C/C=C(\N=C(C)C(=O)N1CCCC1CSCC(C)=N)C(=O)NNC(=O)C(C)(C)Cc1ccccc1. The number of allylic oxidation sites excluding steroid dienone is 1. The van der Waals surface area contributed by atoms with Gasteiger partial charge in [-0.3, -0.25) is 25.2 Å². The van der Waals surface area contributed by atoms with Crippen molar-refractivity contribution in [3.8, 4) is 0 Å². The van der Waals surface area contributed by atoms with E-state index < -0.39 is 11.3 Å². The third kappa shape index (κ3) is 8.65. The number of aliphatic imine (C=N–C) groups is 1. The van der Waals surface area contributed by atoms with E-state index in [2.05, 4.69) is 15.8 Å². The summed E-state index contributed by atoms with van der Waals surface area (Å²) in [4.78, 5) is 44.5. The van der Waals surface area contributed by atoms with Crippen LogP contribution in [0.3, 0.4) is 0 Å². The summed E-state index contributed by atoms with van der Waals surface area (Å²) in [7, 11) is 0. The minimum Gasteiger partial charge on any atom is -0.334 e. The second kappa shape index (κ2) is 13.2. The van der Waals surface area contributed by atoms with Crippen LogP contribution in [0.15, 0.2) is 47.1 Å². The van der Waals surface area contributed by atoms with E-state index in [9.17, 15) is 14.4 Å². The topological polar surface area (TPSA) is 115 Å². The van der Waals surface area contributed by atoms with E-state index in [-0.39, 0.29) is 29.3 Å². The lowest BCUT2D eigenvalue weighted by Gasteiger charge is -2.24. The first-order valence-electron chi connectivity index (χ1n) is 11.8. The zero-order chi connectivity index (χ0) is 26.0. The van der Waals surface area contributed by atoms with Crippen LogP contribution in [0, 0.1) is 10.8 Å². The van der Waals surface area contributed by atoms with Crippen molar-refractivity contribution >= 4 is 40.9 Å². The van der Waals surface area contributed by atoms with Gasteiger partial charge < -0.3 is 10.3 Å². The summed E-state index contributed by atoms with van der Waals surface area (Å²) in [5.41, 5.74) is 6.10. The minimum atomic E-state index is -0.737. The van der Waals surface area contributed by atoms with E-state index >= 15 is 0 Å². The summed E-state index contributed by atoms with van der Waals surface area (Å²) in [5, 5.41) is 7.56. The molecule has 190 valence electrons. The highest BCUT2D eigenvalue weighted by Gasteiger charge is 2.31. The van der Waals surface area contributed by atoms with Crippen molar-refractivity contribution < 1.29 is 14.4 Å². The zero-order valence-corrected chi connectivity index (χ0v) is 22.1. The molecule has 1 atom stereocenters. The van der Waals surface area contributed by atoms with E-state index in [1.807, 2.05) is 49.1 Å². The molecule has 1 heterocycles. The predicted octanol–water partition coefficient (Wildman–Crippen LogP) is 3.53. The fraction of sp³-hybridized carbons (Fsp3) is 0.500. The van der Waals surface area contributed by atoms with Crippen LogP contribution in [0.4, 0.5) is 0 Å². The molecular formula is C26H37N5O3S. The van der Waals surface area contributed by atoms with E-state index in [0.717, 1.165) is 24.2 Å². The molecule has 1 saturated heterocycles. The first-order chi connectivity index (χ1) is 16.5. The lowest BCUT2D eigenvalue weighted by Crippen LogP contribution is -2.48. The maximum Gasteiger partial charge on any atom is 0.287 e. The Balaban J connectivity index is 1.95. The normalized spacial score (nSPS) is 16.7. The van der Waals surface area contributed by atoms with Crippen LogP contribution in [-0.2, 0) is 20.8 Å². The number of hydrogen-bond acceptors (Lipinski definition) is 6. The molecule has 0 saturated carbocycles. The fourth-order valence-electron chi connectivity index (χ4n) is 3.84. The summed E-state index contributed by atoms with van der Waals surface area (Å²) in [6, 6.07) is 9.78. The van der Waals surface area contributed by atoms with Gasteiger partial charge in [-0.2, -0.15) is 11.8 Å². The Hall–Kier alpha value is -2.94. The van der Waals surface area contributed by atoms with Crippen LogP contribution >= 0.6 is 11.8 Å². The van der Waals surface area contributed by atoms with Crippen LogP contribution in [0.5, 0.6) is 0 Å². The molecular weight excluding hydrogens is 462 g/mol. The van der Waals surface area contributed by atoms with Gasteiger partial charge in [-0.15, -0.1) is 0 Å². The molecule has 1 aliphatic heterocycles. The van der Waals surface area contributed by atoms with Crippen molar-refractivity contribution in [1.82, 2.24) is 15.8 Å². The Labute approximate surface area is 212 Å². The fourth-order valence-corrected chi connectivity index (χ4v) is 4.88. The lowest BCUT2D eigenvalue weighted by atomic mass is 9.85. The minimum absolute atomic E-state index is 0.0570. The number of likely N-dealkylation sites (tertiary alicyclic amines) is 1. The molecule has 1 aliphatic rings. The molecule has 1 aromatic rings. The molecule has 0 aliphatic carbocycles. The van der Waals surface area contributed by atoms with Gasteiger partial charge in [0.2, 0.25) is 5.91 Å². The quantitative estimate of drug-likeness (QED) is 0.259. The van der Waals surface area contributed by atoms with Crippen molar-refractivity contribution in [1.29, 1.82) is 5.41 Å². The smallest absolute Gasteiger partial charge is 0.287 e. The Morgan fingerprint density at radius 3 is 2.51 bits per heavy atom. The highest BCUT2D eigenvalue weighted by molar-refractivity contribution is 8.00. The monoisotopic (exact) mass is 499 g/mol. The van der Waals surface area contributed by atoms with Crippen LogP contribution in [0.1, 0.15) is 53.0 Å². The van der Waals surface area contributed by atoms with Crippen LogP contribution in [-0.4, -0.2) is 58.1 Å². The van der Waals surface area contributed by atoms with Crippen molar-refractivity contribution in [2.45, 2.75) is 59.9 Å². The highest BCUT2D eigenvalue weighted by Crippen LogP contribution is 2.23. The number of hydrazine groups is 1. The molecule has 35 heavy (non-hydrogen) atoms. The van der Waals surface area contributed by atoms with E-state index in [4.69, 9.17) is 5.41 Å². The number of carbonyl (C=O) groups is 3. The van der Waals surface area contributed by atoms with Gasteiger partial charge in [0.05, 0.1) is 0 Å². The number of carbonyl (C=O) groups excluding carboxylic acids is 3. The lowest BCUT2D eigenvalue weighted by molar-refractivity contribution is -0.133. The van der Waals surface area contributed by atoms with Gasteiger partial charge in [0.25, 0.3) is 11.8 Å². The average molecular weight is 500 g/mol. The summed E-state index contributed by atoms with van der Waals surface area (Å²) >= 11 is 1.65. The number of thioether (sulfide) groups is 1. The third-order valence-electron chi connectivity index (χ3n) is 5.76. The molecule has 1 fully saturated rings. The third-order valence-corrected chi connectivity index (χ3v) is 7.02. The summed E-state index contributed by atoms with van der Waals surface area (Å²) < 4.78 is 0. The first-order valence-corrected chi connectivity index (χ1v) is 13.0. The van der Waals surface area contributed by atoms with E-state index in [1.54, 1.807) is 32.5 Å².